The molecule has 2 unspecified atom stereocenters. The molecule has 1 aliphatic heterocycles. The van der Waals surface area contributed by atoms with E-state index in [0.717, 1.165) is 19.3 Å². The van der Waals surface area contributed by atoms with Crippen LogP contribution in [-0.2, 0) is 9.53 Å². The second kappa shape index (κ2) is 7.99. The fourth-order valence-corrected chi connectivity index (χ4v) is 2.44. The molecule has 2 N–H and O–H groups in total. The maximum absolute atomic E-state index is 12.0. The molecule has 0 aromatic rings. The van der Waals surface area contributed by atoms with Gasteiger partial charge in [-0.15, -0.1) is 0 Å². The number of aliphatic carboxylic acids is 1. The lowest BCUT2D eigenvalue weighted by molar-refractivity contribution is -0.138. The molecule has 2 amide bonds. The monoisotopic (exact) mass is 272 g/mol. The third-order valence-electron chi connectivity index (χ3n) is 3.37. The van der Waals surface area contributed by atoms with E-state index in [-0.39, 0.29) is 24.4 Å². The molecule has 0 radical (unpaired) electrons. The van der Waals surface area contributed by atoms with Crippen LogP contribution in [0.5, 0.6) is 0 Å². The number of ether oxygens (including phenoxy) is 1. The summed E-state index contributed by atoms with van der Waals surface area (Å²) in [6, 6.07) is -0.0792. The lowest BCUT2D eigenvalue weighted by Gasteiger charge is -2.22. The van der Waals surface area contributed by atoms with E-state index in [9.17, 15) is 9.59 Å². The molecular weight excluding hydrogens is 248 g/mol. The first-order valence-corrected chi connectivity index (χ1v) is 6.83. The predicted molar refractivity (Wildman–Crippen MR) is 71.0 cm³/mol. The average Bonchev–Trinajstić information content (AvgIpc) is 2.77. The minimum atomic E-state index is -0.796. The highest BCUT2D eigenvalue weighted by atomic mass is 16.5. The highest BCUT2D eigenvalue weighted by Crippen LogP contribution is 2.19. The number of carbonyl (C=O) groups excluding carboxylic acids is 1. The molecule has 1 heterocycles. The first kappa shape index (κ1) is 15.8. The molecule has 1 saturated heterocycles. The van der Waals surface area contributed by atoms with Crippen molar-refractivity contribution in [3.05, 3.63) is 0 Å². The molecular formula is C13H24N2O4. The summed E-state index contributed by atoms with van der Waals surface area (Å²) in [4.78, 5) is 24.4. The normalized spacial score (nSPS) is 20.3. The van der Waals surface area contributed by atoms with Crippen LogP contribution in [0.25, 0.3) is 0 Å². The van der Waals surface area contributed by atoms with Crippen LogP contribution in [0.4, 0.5) is 4.79 Å². The summed E-state index contributed by atoms with van der Waals surface area (Å²) in [5, 5.41) is 11.7. The molecule has 0 bridgehead atoms. The van der Waals surface area contributed by atoms with Crippen LogP contribution in [0.1, 0.15) is 32.6 Å². The Kier molecular flexibility index (Phi) is 6.62. The van der Waals surface area contributed by atoms with E-state index >= 15 is 0 Å². The van der Waals surface area contributed by atoms with Crippen LogP contribution in [0, 0.1) is 5.92 Å². The van der Waals surface area contributed by atoms with Gasteiger partial charge in [0.05, 0.1) is 12.6 Å². The van der Waals surface area contributed by atoms with Gasteiger partial charge in [-0.25, -0.2) is 4.79 Å². The van der Waals surface area contributed by atoms with Crippen molar-refractivity contribution in [2.75, 3.05) is 26.8 Å². The number of methoxy groups -OCH3 is 1. The third-order valence-corrected chi connectivity index (χ3v) is 3.37. The highest BCUT2D eigenvalue weighted by Gasteiger charge is 2.28. The van der Waals surface area contributed by atoms with Gasteiger partial charge in [0.2, 0.25) is 0 Å². The van der Waals surface area contributed by atoms with Crippen molar-refractivity contribution >= 4 is 12.0 Å². The summed E-state index contributed by atoms with van der Waals surface area (Å²) in [6.07, 6.45) is 2.77. The summed E-state index contributed by atoms with van der Waals surface area (Å²) < 4.78 is 5.08. The maximum Gasteiger partial charge on any atom is 0.317 e. The Morgan fingerprint density at radius 2 is 2.26 bits per heavy atom. The number of hydrogen-bond donors (Lipinski definition) is 2. The van der Waals surface area contributed by atoms with Gasteiger partial charge in [0.15, 0.2) is 0 Å². The smallest absolute Gasteiger partial charge is 0.317 e. The third kappa shape index (κ3) is 5.46. The van der Waals surface area contributed by atoms with Crippen LogP contribution in [-0.4, -0.2) is 54.9 Å². The molecule has 110 valence electrons. The minimum Gasteiger partial charge on any atom is -0.481 e. The standard InChI is InChI=1S/C13H24N2O4/c1-3-4-11(9-19-2)14-13(18)15-6-5-10(8-15)7-12(16)17/h10-11H,3-9H2,1-2H3,(H,14,18)(H,16,17). The van der Waals surface area contributed by atoms with Gasteiger partial charge < -0.3 is 20.1 Å². The van der Waals surface area contributed by atoms with Gasteiger partial charge in [0, 0.05) is 26.6 Å². The Bertz CT molecular complexity index is 303. The lowest BCUT2D eigenvalue weighted by atomic mass is 10.1. The number of rotatable bonds is 7. The van der Waals surface area contributed by atoms with Crippen LogP contribution in [0.2, 0.25) is 0 Å². The Balaban J connectivity index is 2.39. The number of carboxylic acids is 1. The summed E-state index contributed by atoms with van der Waals surface area (Å²) in [5.41, 5.74) is 0. The molecule has 1 rings (SSSR count). The molecule has 1 aliphatic rings. The molecule has 0 saturated carbocycles. The largest absolute Gasteiger partial charge is 0.481 e. The van der Waals surface area contributed by atoms with Crippen LogP contribution >= 0.6 is 0 Å². The van der Waals surface area contributed by atoms with E-state index in [4.69, 9.17) is 9.84 Å². The number of hydrogen-bond acceptors (Lipinski definition) is 3. The summed E-state index contributed by atoms with van der Waals surface area (Å²) >= 11 is 0. The van der Waals surface area contributed by atoms with Crippen LogP contribution in [0.3, 0.4) is 0 Å². The average molecular weight is 272 g/mol. The van der Waals surface area contributed by atoms with Crippen molar-refractivity contribution in [3.63, 3.8) is 0 Å². The zero-order valence-electron chi connectivity index (χ0n) is 11.7. The summed E-state index contributed by atoms with van der Waals surface area (Å²) in [7, 11) is 1.62. The molecule has 2 atom stereocenters. The van der Waals surface area contributed by atoms with E-state index in [0.29, 0.717) is 19.7 Å². The van der Waals surface area contributed by atoms with Crippen molar-refractivity contribution in [3.8, 4) is 0 Å². The van der Waals surface area contributed by atoms with Gasteiger partial charge in [-0.05, 0) is 18.8 Å². The maximum atomic E-state index is 12.0. The predicted octanol–water partition coefficient (Wildman–Crippen LogP) is 1.31. The van der Waals surface area contributed by atoms with Crippen molar-refractivity contribution in [2.24, 2.45) is 5.92 Å². The van der Waals surface area contributed by atoms with E-state index in [1.807, 2.05) is 0 Å². The number of nitrogens with one attached hydrogen (secondary N) is 1. The number of carboxylic acid groups (broad SMARTS) is 1. The molecule has 19 heavy (non-hydrogen) atoms. The van der Waals surface area contributed by atoms with Crippen molar-refractivity contribution < 1.29 is 19.4 Å². The van der Waals surface area contributed by atoms with Crippen molar-refractivity contribution in [2.45, 2.75) is 38.6 Å². The van der Waals surface area contributed by atoms with Gasteiger partial charge in [0.25, 0.3) is 0 Å². The second-order valence-corrected chi connectivity index (χ2v) is 5.09. The number of likely N-dealkylation sites (tertiary alicyclic amines) is 1. The van der Waals surface area contributed by atoms with Gasteiger partial charge >= 0.3 is 12.0 Å². The van der Waals surface area contributed by atoms with E-state index in [1.54, 1.807) is 12.0 Å². The Hall–Kier alpha value is -1.30. The van der Waals surface area contributed by atoms with E-state index < -0.39 is 5.97 Å². The number of carbonyl (C=O) groups is 2. The molecule has 0 aliphatic carbocycles. The fourth-order valence-electron chi connectivity index (χ4n) is 2.44. The Morgan fingerprint density at radius 1 is 1.53 bits per heavy atom. The zero-order chi connectivity index (χ0) is 14.3. The zero-order valence-corrected chi connectivity index (χ0v) is 11.7. The number of nitrogens with zero attached hydrogens (tertiary/aromatic N) is 1. The van der Waals surface area contributed by atoms with Crippen molar-refractivity contribution in [1.82, 2.24) is 10.2 Å². The molecule has 6 heteroatoms. The minimum absolute atomic E-state index is 0.0287. The van der Waals surface area contributed by atoms with Gasteiger partial charge in [0.1, 0.15) is 0 Å². The first-order valence-electron chi connectivity index (χ1n) is 6.83. The first-order chi connectivity index (χ1) is 9.06. The van der Waals surface area contributed by atoms with E-state index in [1.165, 1.54) is 0 Å². The Morgan fingerprint density at radius 3 is 2.84 bits per heavy atom. The SMILES string of the molecule is CCCC(COC)NC(=O)N1CCC(CC(=O)O)C1. The summed E-state index contributed by atoms with van der Waals surface area (Å²) in [5.74, 6) is -0.717. The summed E-state index contributed by atoms with van der Waals surface area (Å²) in [6.45, 7) is 3.74. The molecule has 0 aromatic carbocycles. The highest BCUT2D eigenvalue weighted by molar-refractivity contribution is 5.75. The number of amides is 2. The fraction of sp³-hybridized carbons (Fsp3) is 0.846. The van der Waals surface area contributed by atoms with Gasteiger partial charge in [-0.2, -0.15) is 0 Å². The van der Waals surface area contributed by atoms with Crippen LogP contribution in [0.15, 0.2) is 0 Å². The molecule has 0 spiro atoms. The van der Waals surface area contributed by atoms with Gasteiger partial charge in [-0.3, -0.25) is 4.79 Å². The second-order valence-electron chi connectivity index (χ2n) is 5.09. The molecule has 1 fully saturated rings. The molecule has 6 nitrogen and oxygen atoms in total. The van der Waals surface area contributed by atoms with E-state index in [2.05, 4.69) is 12.2 Å². The number of urea groups is 1. The quantitative estimate of drug-likeness (QED) is 0.732. The topological polar surface area (TPSA) is 78.9 Å². The molecule has 0 aromatic heterocycles. The van der Waals surface area contributed by atoms with Crippen LogP contribution < -0.4 is 5.32 Å². The lowest BCUT2D eigenvalue weighted by Crippen LogP contribution is -2.45. The van der Waals surface area contributed by atoms with Crippen molar-refractivity contribution in [1.29, 1.82) is 0 Å². The Labute approximate surface area is 114 Å². The van der Waals surface area contributed by atoms with Gasteiger partial charge in [-0.1, -0.05) is 13.3 Å².